The van der Waals surface area contributed by atoms with Crippen molar-refractivity contribution in [2.45, 2.75) is 0 Å². The van der Waals surface area contributed by atoms with E-state index in [2.05, 4.69) is 20.4 Å². The smallest absolute Gasteiger partial charge is 0.266 e. The highest BCUT2D eigenvalue weighted by Crippen LogP contribution is 2.06. The Balaban J connectivity index is 3.09. The molecule has 50 valence electrons. The summed E-state index contributed by atoms with van der Waals surface area (Å²) in [5.41, 5.74) is 1.75. The number of hydrogen-bond donors (Lipinski definition) is 1. The van der Waals surface area contributed by atoms with Gasteiger partial charge in [0.05, 0.1) is 5.51 Å². The van der Waals surface area contributed by atoms with Crippen molar-refractivity contribution in [3.63, 3.8) is 0 Å². The third-order valence-corrected chi connectivity index (χ3v) is 1.87. The largest absolute Gasteiger partial charge is 0.286 e. The van der Waals surface area contributed by atoms with Gasteiger partial charge in [0.25, 0.3) is 5.56 Å². The Bertz CT molecular complexity index is 405. The molecular weight excluding hydrogens is 152 g/mol. The normalized spacial score (nSPS) is 10.4. The standard InChI is InChI=1S/C4H2N4OS/c9-4-2-3(5-1-10-2)6-8-7-4/h1H,(H,6,7,9). The lowest BCUT2D eigenvalue weighted by atomic mass is 10.6. The first-order chi connectivity index (χ1) is 4.88. The van der Waals surface area contributed by atoms with E-state index in [1.165, 1.54) is 11.3 Å². The number of fused-ring (bicyclic) bond motifs is 1. The molecule has 0 spiro atoms. The topological polar surface area (TPSA) is 71.5 Å². The van der Waals surface area contributed by atoms with Gasteiger partial charge in [-0.3, -0.25) is 4.79 Å². The molecule has 0 aliphatic heterocycles. The summed E-state index contributed by atoms with van der Waals surface area (Å²) in [6, 6.07) is 0. The Morgan fingerprint density at radius 3 is 3.30 bits per heavy atom. The van der Waals surface area contributed by atoms with Gasteiger partial charge in [0, 0.05) is 0 Å². The van der Waals surface area contributed by atoms with Crippen LogP contribution < -0.4 is 5.56 Å². The van der Waals surface area contributed by atoms with Crippen molar-refractivity contribution in [3.05, 3.63) is 15.9 Å². The second-order valence-corrected chi connectivity index (χ2v) is 2.50. The summed E-state index contributed by atoms with van der Waals surface area (Å²) in [5.74, 6) is 0. The summed E-state index contributed by atoms with van der Waals surface area (Å²) in [6.45, 7) is 0. The van der Waals surface area contributed by atoms with Gasteiger partial charge < -0.3 is 0 Å². The number of thiazole rings is 1. The summed E-state index contributed by atoms with van der Waals surface area (Å²) < 4.78 is 0.523. The van der Waals surface area contributed by atoms with Crippen LogP contribution in [-0.4, -0.2) is 20.4 Å². The summed E-state index contributed by atoms with van der Waals surface area (Å²) >= 11 is 1.26. The molecule has 0 bridgehead atoms. The minimum absolute atomic E-state index is 0.229. The first-order valence-electron chi connectivity index (χ1n) is 2.52. The van der Waals surface area contributed by atoms with Gasteiger partial charge in [0.2, 0.25) is 0 Å². The number of hydrogen-bond acceptors (Lipinski definition) is 5. The van der Waals surface area contributed by atoms with Crippen LogP contribution in [0.4, 0.5) is 0 Å². The number of H-pyrrole nitrogens is 1. The zero-order valence-corrected chi connectivity index (χ0v) is 5.55. The van der Waals surface area contributed by atoms with Crippen molar-refractivity contribution < 1.29 is 0 Å². The minimum Gasteiger partial charge on any atom is -0.266 e. The molecule has 0 saturated heterocycles. The van der Waals surface area contributed by atoms with E-state index in [-0.39, 0.29) is 5.56 Å². The van der Waals surface area contributed by atoms with Crippen molar-refractivity contribution >= 4 is 21.7 Å². The molecule has 2 aromatic rings. The van der Waals surface area contributed by atoms with Crippen LogP contribution in [-0.2, 0) is 0 Å². The minimum atomic E-state index is -0.229. The Labute approximate surface area is 58.7 Å². The van der Waals surface area contributed by atoms with E-state index in [9.17, 15) is 4.79 Å². The van der Waals surface area contributed by atoms with Crippen LogP contribution in [0.15, 0.2) is 10.3 Å². The molecule has 0 unspecified atom stereocenters. The predicted octanol–water partition coefficient (Wildman–Crippen LogP) is -0.225. The Morgan fingerprint density at radius 2 is 2.50 bits per heavy atom. The van der Waals surface area contributed by atoms with E-state index in [0.717, 1.165) is 0 Å². The van der Waals surface area contributed by atoms with E-state index in [4.69, 9.17) is 0 Å². The highest BCUT2D eigenvalue weighted by Gasteiger charge is 2.00. The third kappa shape index (κ3) is 0.623. The molecule has 6 heteroatoms. The fraction of sp³-hybridized carbons (Fsp3) is 0. The zero-order valence-electron chi connectivity index (χ0n) is 4.74. The maximum atomic E-state index is 10.9. The quantitative estimate of drug-likeness (QED) is 0.569. The van der Waals surface area contributed by atoms with Crippen LogP contribution in [0.1, 0.15) is 0 Å². The molecule has 5 nitrogen and oxygen atoms in total. The first kappa shape index (κ1) is 5.48. The number of aromatic nitrogens is 4. The van der Waals surface area contributed by atoms with E-state index < -0.39 is 0 Å². The fourth-order valence-corrected chi connectivity index (χ4v) is 1.24. The highest BCUT2D eigenvalue weighted by molar-refractivity contribution is 7.16. The number of nitrogens with zero attached hydrogens (tertiary/aromatic N) is 3. The first-order valence-corrected chi connectivity index (χ1v) is 3.40. The average Bonchev–Trinajstić information content (AvgIpc) is 2.36. The van der Waals surface area contributed by atoms with Gasteiger partial charge in [0.15, 0.2) is 5.65 Å². The van der Waals surface area contributed by atoms with Gasteiger partial charge >= 0.3 is 0 Å². The van der Waals surface area contributed by atoms with Crippen LogP contribution in [0.2, 0.25) is 0 Å². The van der Waals surface area contributed by atoms with E-state index >= 15 is 0 Å². The van der Waals surface area contributed by atoms with Crippen LogP contribution in [0.3, 0.4) is 0 Å². The summed E-state index contributed by atoms with van der Waals surface area (Å²) in [6.07, 6.45) is 0. The lowest BCUT2D eigenvalue weighted by Crippen LogP contribution is -2.07. The molecule has 2 aromatic heterocycles. The molecule has 2 rings (SSSR count). The Kier molecular flexibility index (Phi) is 1.01. The maximum Gasteiger partial charge on any atom is 0.286 e. The second kappa shape index (κ2) is 1.84. The van der Waals surface area contributed by atoms with Gasteiger partial charge in [-0.15, -0.1) is 16.4 Å². The molecule has 0 atom stereocenters. The molecule has 2 heterocycles. The van der Waals surface area contributed by atoms with Gasteiger partial charge in [-0.05, 0) is 0 Å². The molecule has 0 aliphatic carbocycles. The van der Waals surface area contributed by atoms with E-state index in [1.54, 1.807) is 5.51 Å². The highest BCUT2D eigenvalue weighted by atomic mass is 32.1. The van der Waals surface area contributed by atoms with Gasteiger partial charge in [-0.2, -0.15) is 0 Å². The van der Waals surface area contributed by atoms with E-state index in [0.29, 0.717) is 10.3 Å². The summed E-state index contributed by atoms with van der Waals surface area (Å²) in [7, 11) is 0. The molecule has 10 heavy (non-hydrogen) atoms. The van der Waals surface area contributed by atoms with Gasteiger partial charge in [-0.25, -0.2) is 10.1 Å². The number of rotatable bonds is 0. The zero-order chi connectivity index (χ0) is 6.97. The van der Waals surface area contributed by atoms with Crippen LogP contribution in [0.25, 0.3) is 10.3 Å². The molecule has 0 fully saturated rings. The third-order valence-electron chi connectivity index (χ3n) is 1.05. The van der Waals surface area contributed by atoms with Gasteiger partial charge in [0.1, 0.15) is 4.70 Å². The lowest BCUT2D eigenvalue weighted by Gasteiger charge is -1.79. The molecular formula is C4H2N4OS. The van der Waals surface area contributed by atoms with Crippen LogP contribution in [0.5, 0.6) is 0 Å². The second-order valence-electron chi connectivity index (χ2n) is 1.65. The monoisotopic (exact) mass is 154 g/mol. The van der Waals surface area contributed by atoms with Crippen molar-refractivity contribution in [1.29, 1.82) is 0 Å². The van der Waals surface area contributed by atoms with Crippen molar-refractivity contribution in [2.75, 3.05) is 0 Å². The number of aromatic amines is 1. The van der Waals surface area contributed by atoms with Crippen LogP contribution in [0, 0.1) is 0 Å². The molecule has 0 aliphatic rings. The average molecular weight is 154 g/mol. The lowest BCUT2D eigenvalue weighted by molar-refractivity contribution is 0.868. The molecule has 0 aromatic carbocycles. The van der Waals surface area contributed by atoms with Crippen molar-refractivity contribution in [1.82, 2.24) is 20.4 Å². The molecule has 0 amide bonds. The Morgan fingerprint density at radius 1 is 1.60 bits per heavy atom. The van der Waals surface area contributed by atoms with Crippen molar-refractivity contribution in [2.24, 2.45) is 0 Å². The SMILES string of the molecule is O=c1[nH]nnc2ncsc12. The Hall–Kier alpha value is -1.30. The van der Waals surface area contributed by atoms with Gasteiger partial charge in [-0.1, -0.05) is 5.21 Å². The van der Waals surface area contributed by atoms with Crippen molar-refractivity contribution in [3.8, 4) is 0 Å². The molecule has 0 radical (unpaired) electrons. The van der Waals surface area contributed by atoms with E-state index in [1.807, 2.05) is 0 Å². The predicted molar refractivity (Wildman–Crippen MR) is 35.8 cm³/mol. The summed E-state index contributed by atoms with van der Waals surface area (Å²) in [5, 5.41) is 9.15. The molecule has 1 N–H and O–H groups in total. The summed E-state index contributed by atoms with van der Waals surface area (Å²) in [4.78, 5) is 14.7. The number of nitrogens with one attached hydrogen (secondary N) is 1. The maximum absolute atomic E-state index is 10.9. The molecule has 0 saturated carbocycles. The van der Waals surface area contributed by atoms with Crippen LogP contribution >= 0.6 is 11.3 Å². The fourth-order valence-electron chi connectivity index (χ4n) is 0.635.